The van der Waals surface area contributed by atoms with Crippen LogP contribution in [0.4, 0.5) is 4.39 Å². The first kappa shape index (κ1) is 14.3. The van der Waals surface area contributed by atoms with Gasteiger partial charge in [0.15, 0.2) is 0 Å². The Morgan fingerprint density at radius 2 is 1.84 bits per heavy atom. The van der Waals surface area contributed by atoms with Gasteiger partial charge < -0.3 is 9.64 Å². The van der Waals surface area contributed by atoms with Crippen LogP contribution in [-0.2, 0) is 5.41 Å². The van der Waals surface area contributed by atoms with Gasteiger partial charge in [-0.1, -0.05) is 26.8 Å². The lowest BCUT2D eigenvalue weighted by Gasteiger charge is -2.31. The van der Waals surface area contributed by atoms with E-state index in [1.165, 1.54) is 12.1 Å². The van der Waals surface area contributed by atoms with Gasteiger partial charge in [-0.05, 0) is 36.9 Å². The Labute approximate surface area is 115 Å². The number of halogens is 1. The summed E-state index contributed by atoms with van der Waals surface area (Å²) < 4.78 is 19.5. The summed E-state index contributed by atoms with van der Waals surface area (Å²) in [4.78, 5) is 2.30. The normalized spacial score (nSPS) is 18.6. The minimum Gasteiger partial charge on any atom is -0.490 e. The van der Waals surface area contributed by atoms with Crippen LogP contribution in [0.15, 0.2) is 18.2 Å². The van der Waals surface area contributed by atoms with Gasteiger partial charge in [-0.2, -0.15) is 0 Å². The van der Waals surface area contributed by atoms with Crippen molar-refractivity contribution in [1.82, 2.24) is 4.90 Å². The number of nitrogens with zero attached hydrogens (tertiary/aromatic N) is 1. The third-order valence-corrected chi connectivity index (χ3v) is 3.71. The number of hydrogen-bond acceptors (Lipinski definition) is 2. The van der Waals surface area contributed by atoms with Gasteiger partial charge in [-0.25, -0.2) is 4.39 Å². The second-order valence-corrected chi connectivity index (χ2v) is 6.51. The molecule has 1 aliphatic heterocycles. The summed E-state index contributed by atoms with van der Waals surface area (Å²) in [5.74, 6) is 0.484. The second-order valence-electron chi connectivity index (χ2n) is 6.51. The van der Waals surface area contributed by atoms with Gasteiger partial charge in [0.25, 0.3) is 0 Å². The van der Waals surface area contributed by atoms with Gasteiger partial charge in [0.2, 0.25) is 0 Å². The fourth-order valence-corrected chi connectivity index (χ4v) is 2.50. The highest BCUT2D eigenvalue weighted by Gasteiger charge is 2.23. The summed E-state index contributed by atoms with van der Waals surface area (Å²) in [6, 6.07) is 4.89. The molecule has 1 saturated heterocycles. The van der Waals surface area contributed by atoms with E-state index in [0.717, 1.165) is 31.5 Å². The minimum atomic E-state index is -0.226. The van der Waals surface area contributed by atoms with Crippen molar-refractivity contribution in [3.05, 3.63) is 29.6 Å². The van der Waals surface area contributed by atoms with E-state index in [1.807, 2.05) is 6.07 Å². The first-order chi connectivity index (χ1) is 8.86. The highest BCUT2D eigenvalue weighted by molar-refractivity contribution is 5.39. The SMILES string of the molecule is CN1CCC(Oc2cc(F)ccc2C(C)(C)C)CC1. The van der Waals surface area contributed by atoms with Crippen molar-refractivity contribution in [2.45, 2.75) is 45.1 Å². The summed E-state index contributed by atoms with van der Waals surface area (Å²) in [6.07, 6.45) is 2.23. The predicted molar refractivity (Wildman–Crippen MR) is 76.2 cm³/mol. The molecule has 3 heteroatoms. The number of hydrogen-bond donors (Lipinski definition) is 0. The predicted octanol–water partition coefficient (Wildman–Crippen LogP) is 3.60. The molecule has 0 atom stereocenters. The molecule has 1 aromatic carbocycles. The molecule has 0 N–H and O–H groups in total. The van der Waals surface area contributed by atoms with Gasteiger partial charge in [0, 0.05) is 19.2 Å². The van der Waals surface area contributed by atoms with Crippen molar-refractivity contribution in [2.24, 2.45) is 0 Å². The van der Waals surface area contributed by atoms with Crippen molar-refractivity contribution in [1.29, 1.82) is 0 Å². The Balaban J connectivity index is 2.17. The largest absolute Gasteiger partial charge is 0.490 e. The monoisotopic (exact) mass is 265 g/mol. The molecular weight excluding hydrogens is 241 g/mol. The number of rotatable bonds is 2. The van der Waals surface area contributed by atoms with Gasteiger partial charge in [0.1, 0.15) is 17.7 Å². The quantitative estimate of drug-likeness (QED) is 0.810. The molecule has 106 valence electrons. The molecule has 0 amide bonds. The summed E-state index contributed by atoms with van der Waals surface area (Å²) in [6.45, 7) is 8.47. The van der Waals surface area contributed by atoms with Crippen molar-refractivity contribution >= 4 is 0 Å². The van der Waals surface area contributed by atoms with Crippen LogP contribution in [-0.4, -0.2) is 31.1 Å². The average Bonchev–Trinajstić information content (AvgIpc) is 2.30. The van der Waals surface area contributed by atoms with Crippen LogP contribution in [0.25, 0.3) is 0 Å². The molecule has 0 radical (unpaired) electrons. The molecule has 2 rings (SSSR count). The van der Waals surface area contributed by atoms with Gasteiger partial charge in [-0.3, -0.25) is 0 Å². The molecule has 1 heterocycles. The van der Waals surface area contributed by atoms with E-state index in [9.17, 15) is 4.39 Å². The zero-order chi connectivity index (χ0) is 14.0. The van der Waals surface area contributed by atoms with Crippen LogP contribution in [0.3, 0.4) is 0 Å². The van der Waals surface area contributed by atoms with Gasteiger partial charge in [0.05, 0.1) is 0 Å². The average molecular weight is 265 g/mol. The maximum Gasteiger partial charge on any atom is 0.126 e. The van der Waals surface area contributed by atoms with Crippen LogP contribution in [0, 0.1) is 5.82 Å². The summed E-state index contributed by atoms with van der Waals surface area (Å²) in [5, 5.41) is 0. The topological polar surface area (TPSA) is 12.5 Å². The van der Waals surface area contributed by atoms with Gasteiger partial charge >= 0.3 is 0 Å². The summed E-state index contributed by atoms with van der Waals surface area (Å²) in [7, 11) is 2.12. The molecule has 0 bridgehead atoms. The van der Waals surface area contributed by atoms with Crippen LogP contribution >= 0.6 is 0 Å². The second kappa shape index (κ2) is 5.49. The van der Waals surface area contributed by atoms with Gasteiger partial charge in [-0.15, -0.1) is 0 Å². The van der Waals surface area contributed by atoms with Crippen LogP contribution in [0.1, 0.15) is 39.2 Å². The lowest BCUT2D eigenvalue weighted by Crippen LogP contribution is -2.36. The maximum atomic E-state index is 13.5. The van der Waals surface area contributed by atoms with Crippen molar-refractivity contribution in [3.63, 3.8) is 0 Å². The molecular formula is C16H24FNO. The lowest BCUT2D eigenvalue weighted by atomic mass is 9.86. The maximum absolute atomic E-state index is 13.5. The zero-order valence-electron chi connectivity index (χ0n) is 12.4. The minimum absolute atomic E-state index is 0.0332. The fraction of sp³-hybridized carbons (Fsp3) is 0.625. The van der Waals surface area contributed by atoms with E-state index in [2.05, 4.69) is 32.7 Å². The summed E-state index contributed by atoms with van der Waals surface area (Å²) >= 11 is 0. The van der Waals surface area contributed by atoms with Crippen LogP contribution in [0.2, 0.25) is 0 Å². The number of ether oxygens (including phenoxy) is 1. The Hall–Kier alpha value is -1.09. The van der Waals surface area contributed by atoms with E-state index >= 15 is 0 Å². The van der Waals surface area contributed by atoms with E-state index in [1.54, 1.807) is 0 Å². The lowest BCUT2D eigenvalue weighted by molar-refractivity contribution is 0.112. The van der Waals surface area contributed by atoms with Crippen LogP contribution < -0.4 is 4.74 Å². The highest BCUT2D eigenvalue weighted by atomic mass is 19.1. The molecule has 0 aliphatic carbocycles. The van der Waals surface area contributed by atoms with Crippen molar-refractivity contribution in [3.8, 4) is 5.75 Å². The number of benzene rings is 1. The molecule has 2 nitrogen and oxygen atoms in total. The molecule has 19 heavy (non-hydrogen) atoms. The Morgan fingerprint density at radius 1 is 1.21 bits per heavy atom. The molecule has 0 unspecified atom stereocenters. The first-order valence-corrected chi connectivity index (χ1v) is 7.01. The molecule has 1 aromatic rings. The first-order valence-electron chi connectivity index (χ1n) is 7.01. The highest BCUT2D eigenvalue weighted by Crippen LogP contribution is 2.33. The van der Waals surface area contributed by atoms with E-state index in [-0.39, 0.29) is 17.3 Å². The molecule has 0 saturated carbocycles. The fourth-order valence-electron chi connectivity index (χ4n) is 2.50. The molecule has 0 aromatic heterocycles. The molecule has 0 spiro atoms. The zero-order valence-corrected chi connectivity index (χ0v) is 12.4. The van der Waals surface area contributed by atoms with E-state index in [0.29, 0.717) is 5.75 Å². The van der Waals surface area contributed by atoms with Crippen molar-refractivity contribution in [2.75, 3.05) is 20.1 Å². The Morgan fingerprint density at radius 3 is 2.42 bits per heavy atom. The van der Waals surface area contributed by atoms with E-state index in [4.69, 9.17) is 4.74 Å². The smallest absolute Gasteiger partial charge is 0.126 e. The molecule has 1 aliphatic rings. The Kier molecular flexibility index (Phi) is 4.14. The Bertz CT molecular complexity index is 431. The van der Waals surface area contributed by atoms with Crippen LogP contribution in [0.5, 0.6) is 5.75 Å². The third-order valence-electron chi connectivity index (χ3n) is 3.71. The van der Waals surface area contributed by atoms with E-state index < -0.39 is 0 Å². The standard InChI is InChI=1S/C16H24FNO/c1-16(2,3)14-6-5-12(17)11-15(14)19-13-7-9-18(4)10-8-13/h5-6,11,13H,7-10H2,1-4H3. The third kappa shape index (κ3) is 3.69. The van der Waals surface area contributed by atoms with Crippen molar-refractivity contribution < 1.29 is 9.13 Å². The summed E-state index contributed by atoms with van der Waals surface area (Å²) in [5.41, 5.74) is 1.04. The molecule has 1 fully saturated rings. The number of piperidine rings is 1. The number of likely N-dealkylation sites (tertiary alicyclic amines) is 1.